The number of hydrogen-bond donors (Lipinski definition) is 1. The summed E-state index contributed by atoms with van der Waals surface area (Å²) < 4.78 is 0. The van der Waals surface area contributed by atoms with Crippen molar-refractivity contribution in [2.24, 2.45) is 0 Å². The Morgan fingerprint density at radius 1 is 1.03 bits per heavy atom. The Morgan fingerprint density at radius 2 is 1.79 bits per heavy atom. The summed E-state index contributed by atoms with van der Waals surface area (Å²) in [5.74, 6) is -0.477. The molecule has 0 bridgehead atoms. The van der Waals surface area contributed by atoms with Crippen LogP contribution in [0.4, 0.5) is 16.5 Å². The van der Waals surface area contributed by atoms with E-state index >= 15 is 0 Å². The first-order chi connectivity index (χ1) is 16.5. The van der Waals surface area contributed by atoms with Gasteiger partial charge in [-0.2, -0.15) is 0 Å². The van der Waals surface area contributed by atoms with E-state index in [2.05, 4.69) is 10.3 Å². The van der Waals surface area contributed by atoms with Crippen molar-refractivity contribution in [2.75, 3.05) is 29.9 Å². The zero-order valence-corrected chi connectivity index (χ0v) is 19.2. The molecule has 0 unspecified atom stereocenters. The summed E-state index contributed by atoms with van der Waals surface area (Å²) in [6.45, 7) is 2.55. The van der Waals surface area contributed by atoms with Crippen LogP contribution >= 0.6 is 11.3 Å². The highest BCUT2D eigenvalue weighted by molar-refractivity contribution is 7.15. The third-order valence-electron chi connectivity index (χ3n) is 6.14. The average molecular weight is 478 g/mol. The zero-order chi connectivity index (χ0) is 23.7. The van der Waals surface area contributed by atoms with Crippen LogP contribution in [-0.2, 0) is 13.0 Å². The quantitative estimate of drug-likeness (QED) is 0.438. The number of carbonyl (C=O) groups is 2. The topological polar surface area (TPSA) is 109 Å². The van der Waals surface area contributed by atoms with Crippen LogP contribution in [0, 0.1) is 10.1 Å². The number of rotatable bonds is 5. The Hall–Kier alpha value is -3.79. The molecule has 1 aromatic heterocycles. The van der Waals surface area contributed by atoms with Gasteiger partial charge in [0.25, 0.3) is 17.5 Å². The number of nitrogens with zero attached hydrogens (tertiary/aromatic N) is 4. The van der Waals surface area contributed by atoms with Crippen LogP contribution in [0.3, 0.4) is 0 Å². The first-order valence-corrected chi connectivity index (χ1v) is 12.0. The van der Waals surface area contributed by atoms with Gasteiger partial charge >= 0.3 is 0 Å². The minimum absolute atomic E-state index is 0.0318. The first-order valence-electron chi connectivity index (χ1n) is 11.2. The number of thiazole rings is 1. The molecule has 0 spiro atoms. The van der Waals surface area contributed by atoms with E-state index in [0.717, 1.165) is 36.5 Å². The fourth-order valence-corrected chi connectivity index (χ4v) is 5.41. The van der Waals surface area contributed by atoms with Crippen LogP contribution in [0.2, 0.25) is 0 Å². The number of nitro groups is 1. The molecule has 1 saturated heterocycles. The number of amides is 2. The van der Waals surface area contributed by atoms with Crippen molar-refractivity contribution in [3.63, 3.8) is 0 Å². The molecule has 10 heteroatoms. The summed E-state index contributed by atoms with van der Waals surface area (Å²) in [5, 5.41) is 14.8. The molecule has 0 saturated carbocycles. The standard InChI is InChI=1S/C24H23N5O4S/c30-22(17-8-9-19(20(14-17)29(32)33)27-11-4-5-12-27)26-24-25-18-10-13-28(15-21(18)34-24)23(31)16-6-2-1-3-7-16/h1-3,6-9,14H,4-5,10-13,15H2,(H,25,26,30). The Balaban J connectivity index is 1.30. The van der Waals surface area contributed by atoms with Gasteiger partial charge in [-0.3, -0.25) is 25.0 Å². The highest BCUT2D eigenvalue weighted by atomic mass is 32.1. The van der Waals surface area contributed by atoms with Gasteiger partial charge < -0.3 is 9.80 Å². The van der Waals surface area contributed by atoms with Crippen LogP contribution in [0.5, 0.6) is 0 Å². The molecule has 5 rings (SSSR count). The van der Waals surface area contributed by atoms with Crippen molar-refractivity contribution in [2.45, 2.75) is 25.8 Å². The highest BCUT2D eigenvalue weighted by Crippen LogP contribution is 2.33. The molecular weight excluding hydrogens is 454 g/mol. The van der Waals surface area contributed by atoms with Gasteiger partial charge in [0.1, 0.15) is 5.69 Å². The average Bonchev–Trinajstić information content (AvgIpc) is 3.53. The van der Waals surface area contributed by atoms with Crippen molar-refractivity contribution in [3.05, 3.63) is 80.3 Å². The Labute approximate surface area is 200 Å². The van der Waals surface area contributed by atoms with E-state index in [1.807, 2.05) is 23.1 Å². The number of hydrogen-bond acceptors (Lipinski definition) is 7. The maximum atomic E-state index is 12.8. The Kier molecular flexibility index (Phi) is 5.97. The molecule has 3 heterocycles. The van der Waals surface area contributed by atoms with Gasteiger partial charge in [0.15, 0.2) is 5.13 Å². The maximum Gasteiger partial charge on any atom is 0.293 e. The number of aromatic nitrogens is 1. The minimum Gasteiger partial charge on any atom is -0.366 e. The molecule has 174 valence electrons. The number of fused-ring (bicyclic) bond motifs is 1. The lowest BCUT2D eigenvalue weighted by molar-refractivity contribution is -0.384. The van der Waals surface area contributed by atoms with E-state index in [9.17, 15) is 19.7 Å². The molecule has 0 aliphatic carbocycles. The SMILES string of the molecule is O=C(Nc1nc2c(s1)CN(C(=O)c1ccccc1)CC2)c1ccc(N2CCCC2)c([N+](=O)[O-])c1. The lowest BCUT2D eigenvalue weighted by Crippen LogP contribution is -2.35. The number of anilines is 2. The van der Waals surface area contributed by atoms with E-state index in [4.69, 9.17) is 0 Å². The Bertz CT molecular complexity index is 1250. The molecule has 34 heavy (non-hydrogen) atoms. The maximum absolute atomic E-state index is 12.8. The molecule has 2 aliphatic heterocycles. The van der Waals surface area contributed by atoms with Crippen molar-refractivity contribution < 1.29 is 14.5 Å². The largest absolute Gasteiger partial charge is 0.366 e. The van der Waals surface area contributed by atoms with Gasteiger partial charge in [0, 0.05) is 48.1 Å². The third-order valence-corrected chi connectivity index (χ3v) is 7.14. The highest BCUT2D eigenvalue weighted by Gasteiger charge is 2.27. The van der Waals surface area contributed by atoms with Gasteiger partial charge in [-0.1, -0.05) is 29.5 Å². The summed E-state index contributed by atoms with van der Waals surface area (Å²) in [6.07, 6.45) is 2.61. The van der Waals surface area contributed by atoms with Gasteiger partial charge in [0.05, 0.1) is 17.2 Å². The predicted octanol–water partition coefficient (Wildman–Crippen LogP) is 4.10. The molecule has 2 aromatic carbocycles. The lowest BCUT2D eigenvalue weighted by atomic mass is 10.1. The molecule has 1 N–H and O–H groups in total. The molecule has 0 atom stereocenters. The minimum atomic E-state index is -0.445. The number of benzene rings is 2. The van der Waals surface area contributed by atoms with Crippen LogP contribution in [-0.4, -0.2) is 46.3 Å². The second kappa shape index (κ2) is 9.22. The van der Waals surface area contributed by atoms with Gasteiger partial charge in [0.2, 0.25) is 0 Å². The van der Waals surface area contributed by atoms with E-state index in [-0.39, 0.29) is 17.2 Å². The molecule has 1 fully saturated rings. The van der Waals surface area contributed by atoms with E-state index < -0.39 is 10.8 Å². The fraction of sp³-hybridized carbons (Fsp3) is 0.292. The van der Waals surface area contributed by atoms with E-state index in [0.29, 0.717) is 35.9 Å². The van der Waals surface area contributed by atoms with Crippen molar-refractivity contribution in [3.8, 4) is 0 Å². The smallest absolute Gasteiger partial charge is 0.293 e. The Morgan fingerprint density at radius 3 is 2.53 bits per heavy atom. The summed E-state index contributed by atoms with van der Waals surface area (Å²) in [7, 11) is 0. The molecule has 2 aliphatic rings. The lowest BCUT2D eigenvalue weighted by Gasteiger charge is -2.26. The number of carbonyl (C=O) groups excluding carboxylic acids is 2. The number of nitrogens with one attached hydrogen (secondary N) is 1. The monoisotopic (exact) mass is 477 g/mol. The summed E-state index contributed by atoms with van der Waals surface area (Å²) in [4.78, 5) is 46.0. The van der Waals surface area contributed by atoms with Crippen LogP contribution in [0.1, 0.15) is 44.1 Å². The van der Waals surface area contributed by atoms with Gasteiger partial charge in [-0.05, 0) is 37.1 Å². The third kappa shape index (κ3) is 4.36. The second-order valence-electron chi connectivity index (χ2n) is 8.34. The van der Waals surface area contributed by atoms with Gasteiger partial charge in [-0.15, -0.1) is 0 Å². The number of nitro benzene ring substituents is 1. The molecule has 9 nitrogen and oxygen atoms in total. The first kappa shape index (κ1) is 22.0. The summed E-state index contributed by atoms with van der Waals surface area (Å²) >= 11 is 1.33. The second-order valence-corrected chi connectivity index (χ2v) is 9.42. The van der Waals surface area contributed by atoms with Crippen LogP contribution < -0.4 is 10.2 Å². The molecule has 0 radical (unpaired) electrons. The molecular formula is C24H23N5O4S. The van der Waals surface area contributed by atoms with Crippen LogP contribution in [0.25, 0.3) is 0 Å². The van der Waals surface area contributed by atoms with Crippen LogP contribution in [0.15, 0.2) is 48.5 Å². The van der Waals surface area contributed by atoms with E-state index in [1.165, 1.54) is 17.4 Å². The molecule has 2 amide bonds. The van der Waals surface area contributed by atoms with Crippen molar-refractivity contribution in [1.82, 2.24) is 9.88 Å². The van der Waals surface area contributed by atoms with Gasteiger partial charge in [-0.25, -0.2) is 4.98 Å². The summed E-state index contributed by atoms with van der Waals surface area (Å²) in [6, 6.07) is 13.7. The normalized spacial score (nSPS) is 15.2. The predicted molar refractivity (Wildman–Crippen MR) is 129 cm³/mol. The fourth-order valence-electron chi connectivity index (χ4n) is 4.39. The van der Waals surface area contributed by atoms with E-state index in [1.54, 1.807) is 29.2 Å². The van der Waals surface area contributed by atoms with Crippen molar-refractivity contribution >= 4 is 39.7 Å². The molecule has 3 aromatic rings. The zero-order valence-electron chi connectivity index (χ0n) is 18.4. The van der Waals surface area contributed by atoms with Crippen molar-refractivity contribution in [1.29, 1.82) is 0 Å². The summed E-state index contributed by atoms with van der Waals surface area (Å²) in [5.41, 5.74) is 2.20.